The lowest BCUT2D eigenvalue weighted by Crippen LogP contribution is -2.30. The van der Waals surface area contributed by atoms with Crippen molar-refractivity contribution >= 4 is 17.9 Å². The summed E-state index contributed by atoms with van der Waals surface area (Å²) in [5.41, 5.74) is 0. The predicted octanol–water partition coefficient (Wildman–Crippen LogP) is 19.4. The normalized spacial score (nSPS) is 12.3. The van der Waals surface area contributed by atoms with E-state index in [1.54, 1.807) is 0 Å². The molecular weight excluding hydrogens is 829 g/mol. The molecule has 0 aliphatic rings. The van der Waals surface area contributed by atoms with Gasteiger partial charge in [0, 0.05) is 19.3 Å². The highest BCUT2D eigenvalue weighted by Crippen LogP contribution is 2.17. The quantitative estimate of drug-likeness (QED) is 0.0262. The fraction of sp³-hybridized carbons (Fsp3) is 0.820. The monoisotopic (exact) mass is 939 g/mol. The highest BCUT2D eigenvalue weighted by Gasteiger charge is 2.19. The van der Waals surface area contributed by atoms with Gasteiger partial charge in [-0.25, -0.2) is 0 Å². The SMILES string of the molecule is CC/C=C\C/C=C\C/C=C\C/C=C\CCCCCCC(=O)O[C@@H](COC(=O)CCCCCCCCCCCCCCC)COC(=O)CCCCCCCCCCCCCCCCCCCCC. The molecule has 0 aliphatic carbocycles. The van der Waals surface area contributed by atoms with Gasteiger partial charge in [-0.1, -0.05) is 275 Å². The maximum atomic E-state index is 12.8. The summed E-state index contributed by atoms with van der Waals surface area (Å²) in [6.45, 7) is 6.55. The summed E-state index contributed by atoms with van der Waals surface area (Å²) in [4.78, 5) is 38.1. The molecule has 0 aliphatic heterocycles. The third kappa shape index (κ3) is 54.2. The number of rotatable bonds is 53. The minimum absolute atomic E-state index is 0.0788. The Morgan fingerprint density at radius 1 is 0.313 bits per heavy atom. The van der Waals surface area contributed by atoms with Crippen LogP contribution in [0.25, 0.3) is 0 Å². The van der Waals surface area contributed by atoms with Crippen molar-refractivity contribution in [3.8, 4) is 0 Å². The van der Waals surface area contributed by atoms with Gasteiger partial charge in [0.1, 0.15) is 13.2 Å². The van der Waals surface area contributed by atoms with Crippen LogP contribution in [-0.2, 0) is 28.6 Å². The van der Waals surface area contributed by atoms with Crippen molar-refractivity contribution in [3.05, 3.63) is 48.6 Å². The Labute approximate surface area is 416 Å². The van der Waals surface area contributed by atoms with Crippen molar-refractivity contribution in [3.63, 3.8) is 0 Å². The fourth-order valence-corrected chi connectivity index (χ4v) is 8.49. The van der Waals surface area contributed by atoms with E-state index >= 15 is 0 Å². The standard InChI is InChI=1S/C61H110O6/c1-4-7-10-13-16-19-22-25-27-29-30-32-33-36-39-42-45-48-51-54-60(63)66-57-58(56-65-59(62)53-50-47-44-41-38-35-24-21-18-15-12-9-6-3)67-61(64)55-52-49-46-43-40-37-34-31-28-26-23-20-17-14-11-8-5-2/h8,11,17,20,26,28,34,37,58H,4-7,9-10,12-16,18-19,21-25,27,29-33,35-36,38-57H2,1-3H3/b11-8-,20-17-,28-26-,37-34-/t58-/m0/s1. The van der Waals surface area contributed by atoms with Crippen molar-refractivity contribution in [1.82, 2.24) is 0 Å². The van der Waals surface area contributed by atoms with Crippen molar-refractivity contribution in [2.45, 2.75) is 309 Å². The zero-order chi connectivity index (χ0) is 48.6. The van der Waals surface area contributed by atoms with Crippen molar-refractivity contribution < 1.29 is 28.6 Å². The Morgan fingerprint density at radius 2 is 0.582 bits per heavy atom. The number of ether oxygens (including phenoxy) is 3. The average molecular weight is 940 g/mol. The van der Waals surface area contributed by atoms with Gasteiger partial charge in [-0.2, -0.15) is 0 Å². The molecule has 0 N–H and O–H groups in total. The van der Waals surface area contributed by atoms with Gasteiger partial charge >= 0.3 is 17.9 Å². The minimum atomic E-state index is -0.782. The van der Waals surface area contributed by atoms with Gasteiger partial charge in [0.05, 0.1) is 0 Å². The summed E-state index contributed by atoms with van der Waals surface area (Å²) in [7, 11) is 0. The Morgan fingerprint density at radius 3 is 0.910 bits per heavy atom. The maximum absolute atomic E-state index is 12.8. The molecule has 0 heterocycles. The van der Waals surface area contributed by atoms with Crippen LogP contribution in [0.15, 0.2) is 48.6 Å². The van der Waals surface area contributed by atoms with Crippen LogP contribution in [0.2, 0.25) is 0 Å². The Balaban J connectivity index is 4.35. The van der Waals surface area contributed by atoms with E-state index in [1.807, 2.05) is 0 Å². The summed E-state index contributed by atoms with van der Waals surface area (Å²) in [5.74, 6) is -0.885. The smallest absolute Gasteiger partial charge is 0.306 e. The summed E-state index contributed by atoms with van der Waals surface area (Å²) >= 11 is 0. The number of esters is 3. The van der Waals surface area contributed by atoms with E-state index in [0.29, 0.717) is 19.3 Å². The lowest BCUT2D eigenvalue weighted by atomic mass is 10.0. The van der Waals surface area contributed by atoms with E-state index in [1.165, 1.54) is 167 Å². The van der Waals surface area contributed by atoms with Crippen LogP contribution in [0.4, 0.5) is 0 Å². The molecule has 0 aromatic carbocycles. The lowest BCUT2D eigenvalue weighted by Gasteiger charge is -2.18. The highest BCUT2D eigenvalue weighted by molar-refractivity contribution is 5.71. The summed E-state index contributed by atoms with van der Waals surface area (Å²) in [6.07, 6.45) is 68.2. The zero-order valence-corrected chi connectivity index (χ0v) is 44.7. The van der Waals surface area contributed by atoms with Crippen LogP contribution in [0.3, 0.4) is 0 Å². The van der Waals surface area contributed by atoms with Crippen LogP contribution in [-0.4, -0.2) is 37.2 Å². The first-order chi connectivity index (χ1) is 33.0. The molecule has 67 heavy (non-hydrogen) atoms. The molecule has 0 bridgehead atoms. The molecule has 390 valence electrons. The average Bonchev–Trinajstić information content (AvgIpc) is 3.33. The van der Waals surface area contributed by atoms with Gasteiger partial charge in [0.2, 0.25) is 0 Å². The second-order valence-electron chi connectivity index (χ2n) is 19.5. The van der Waals surface area contributed by atoms with E-state index in [-0.39, 0.29) is 31.1 Å². The number of allylic oxidation sites excluding steroid dienone is 8. The molecule has 0 rings (SSSR count). The Bertz CT molecular complexity index is 1170. The molecule has 6 nitrogen and oxygen atoms in total. The second kappa shape index (κ2) is 56.0. The maximum Gasteiger partial charge on any atom is 0.306 e. The van der Waals surface area contributed by atoms with Gasteiger partial charge in [0.15, 0.2) is 6.10 Å². The van der Waals surface area contributed by atoms with Gasteiger partial charge in [-0.05, 0) is 57.8 Å². The van der Waals surface area contributed by atoms with E-state index in [9.17, 15) is 14.4 Å². The molecule has 0 radical (unpaired) electrons. The van der Waals surface area contributed by atoms with Crippen LogP contribution in [0.1, 0.15) is 303 Å². The molecule has 0 aromatic heterocycles. The molecule has 0 unspecified atom stereocenters. The zero-order valence-electron chi connectivity index (χ0n) is 44.7. The molecule has 0 fully saturated rings. The summed E-state index contributed by atoms with van der Waals surface area (Å²) in [5, 5.41) is 0. The molecule has 6 heteroatoms. The number of hydrogen-bond donors (Lipinski definition) is 0. The van der Waals surface area contributed by atoms with E-state index in [0.717, 1.165) is 96.3 Å². The van der Waals surface area contributed by atoms with Gasteiger partial charge in [-0.3, -0.25) is 14.4 Å². The largest absolute Gasteiger partial charge is 0.462 e. The van der Waals surface area contributed by atoms with Crippen LogP contribution < -0.4 is 0 Å². The van der Waals surface area contributed by atoms with Crippen molar-refractivity contribution in [1.29, 1.82) is 0 Å². The van der Waals surface area contributed by atoms with Crippen molar-refractivity contribution in [2.75, 3.05) is 13.2 Å². The van der Waals surface area contributed by atoms with Gasteiger partial charge in [-0.15, -0.1) is 0 Å². The Kier molecular flexibility index (Phi) is 53.8. The number of carbonyl (C=O) groups is 3. The van der Waals surface area contributed by atoms with E-state index in [4.69, 9.17) is 14.2 Å². The molecule has 0 spiro atoms. The topological polar surface area (TPSA) is 78.9 Å². The van der Waals surface area contributed by atoms with E-state index in [2.05, 4.69) is 69.4 Å². The first-order valence-corrected chi connectivity index (χ1v) is 29.1. The first-order valence-electron chi connectivity index (χ1n) is 29.1. The third-order valence-corrected chi connectivity index (χ3v) is 12.8. The van der Waals surface area contributed by atoms with Gasteiger partial charge in [0.25, 0.3) is 0 Å². The van der Waals surface area contributed by atoms with Crippen LogP contribution in [0, 0.1) is 0 Å². The van der Waals surface area contributed by atoms with Crippen LogP contribution >= 0.6 is 0 Å². The predicted molar refractivity (Wildman–Crippen MR) is 289 cm³/mol. The fourth-order valence-electron chi connectivity index (χ4n) is 8.49. The third-order valence-electron chi connectivity index (χ3n) is 12.8. The highest BCUT2D eigenvalue weighted by atomic mass is 16.6. The molecule has 0 aromatic rings. The van der Waals surface area contributed by atoms with E-state index < -0.39 is 6.10 Å². The molecular formula is C61H110O6. The number of hydrogen-bond acceptors (Lipinski definition) is 6. The number of unbranched alkanes of at least 4 members (excludes halogenated alkanes) is 34. The summed E-state index contributed by atoms with van der Waals surface area (Å²) < 4.78 is 16.9. The van der Waals surface area contributed by atoms with Crippen molar-refractivity contribution in [2.24, 2.45) is 0 Å². The van der Waals surface area contributed by atoms with Gasteiger partial charge < -0.3 is 14.2 Å². The first kappa shape index (κ1) is 64.4. The number of carbonyl (C=O) groups excluding carboxylic acids is 3. The minimum Gasteiger partial charge on any atom is -0.462 e. The van der Waals surface area contributed by atoms with Crippen LogP contribution in [0.5, 0.6) is 0 Å². The lowest BCUT2D eigenvalue weighted by molar-refractivity contribution is -0.167. The second-order valence-corrected chi connectivity index (χ2v) is 19.5. The Hall–Kier alpha value is -2.63. The summed E-state index contributed by atoms with van der Waals surface area (Å²) in [6, 6.07) is 0. The molecule has 0 saturated carbocycles. The molecule has 1 atom stereocenters. The molecule has 0 saturated heterocycles. The molecule has 0 amide bonds.